The van der Waals surface area contributed by atoms with Gasteiger partial charge < -0.3 is 40.6 Å². The van der Waals surface area contributed by atoms with Crippen LogP contribution in [-0.4, -0.2) is 69.4 Å². The van der Waals surface area contributed by atoms with E-state index in [0.29, 0.717) is 0 Å². The molecule has 1 unspecified atom stereocenters. The molecule has 0 bridgehead atoms. The molecule has 11 nitrogen and oxygen atoms in total. The van der Waals surface area contributed by atoms with Gasteiger partial charge in [-0.15, -0.1) is 0 Å². The predicted molar refractivity (Wildman–Crippen MR) is 60.9 cm³/mol. The SMILES string of the molecule is NC(C=O)C(=O)N[C@@H]1O[C@H](COP(=O)(O)O)[C@@H](O)[C@H]1O. The molecule has 1 fully saturated rings. The molecule has 0 saturated carbocycles. The van der Waals surface area contributed by atoms with E-state index in [1.165, 1.54) is 0 Å². The van der Waals surface area contributed by atoms with Crippen molar-refractivity contribution >= 4 is 20.0 Å². The van der Waals surface area contributed by atoms with Crippen molar-refractivity contribution in [2.45, 2.75) is 30.6 Å². The van der Waals surface area contributed by atoms with Gasteiger partial charge in [-0.25, -0.2) is 4.57 Å². The van der Waals surface area contributed by atoms with E-state index in [9.17, 15) is 24.4 Å². The third kappa shape index (κ3) is 4.58. The zero-order valence-electron chi connectivity index (χ0n) is 10.0. The molecule has 20 heavy (non-hydrogen) atoms. The number of phosphoric acid groups is 1. The van der Waals surface area contributed by atoms with Gasteiger partial charge in [0, 0.05) is 0 Å². The van der Waals surface area contributed by atoms with Gasteiger partial charge in [-0.05, 0) is 0 Å². The molecule has 1 saturated heterocycles. The topological polar surface area (TPSA) is 189 Å². The maximum atomic E-state index is 11.3. The van der Waals surface area contributed by atoms with Crippen molar-refractivity contribution in [2.75, 3.05) is 6.61 Å². The van der Waals surface area contributed by atoms with Crippen LogP contribution in [0.5, 0.6) is 0 Å². The van der Waals surface area contributed by atoms with Crippen LogP contribution in [0.2, 0.25) is 0 Å². The number of amides is 1. The number of rotatable bonds is 6. The highest BCUT2D eigenvalue weighted by Crippen LogP contribution is 2.37. The van der Waals surface area contributed by atoms with Gasteiger partial charge in [0.2, 0.25) is 5.91 Å². The van der Waals surface area contributed by atoms with Crippen LogP contribution in [0.25, 0.3) is 0 Å². The molecule has 5 atom stereocenters. The van der Waals surface area contributed by atoms with Crippen molar-refractivity contribution in [3.63, 3.8) is 0 Å². The van der Waals surface area contributed by atoms with Crippen LogP contribution in [-0.2, 0) is 23.4 Å². The minimum Gasteiger partial charge on any atom is -0.387 e. The monoisotopic (exact) mass is 314 g/mol. The molecule has 0 radical (unpaired) electrons. The Labute approximate surface area is 112 Å². The van der Waals surface area contributed by atoms with Crippen molar-refractivity contribution < 1.29 is 43.4 Å². The molecule has 116 valence electrons. The number of nitrogens with one attached hydrogen (secondary N) is 1. The Balaban J connectivity index is 2.58. The van der Waals surface area contributed by atoms with Crippen LogP contribution in [0, 0.1) is 0 Å². The fraction of sp³-hybridized carbons (Fsp3) is 0.750. The van der Waals surface area contributed by atoms with Crippen LogP contribution in [0.3, 0.4) is 0 Å². The summed E-state index contributed by atoms with van der Waals surface area (Å²) in [6, 6.07) is -1.46. The molecule has 7 N–H and O–H groups in total. The van der Waals surface area contributed by atoms with Gasteiger partial charge in [-0.1, -0.05) is 0 Å². The van der Waals surface area contributed by atoms with Gasteiger partial charge in [-0.2, -0.15) is 0 Å². The molecule has 1 amide bonds. The summed E-state index contributed by atoms with van der Waals surface area (Å²) >= 11 is 0. The summed E-state index contributed by atoms with van der Waals surface area (Å²) in [6.45, 7) is -0.700. The van der Waals surface area contributed by atoms with E-state index in [2.05, 4.69) is 9.84 Å². The highest BCUT2D eigenvalue weighted by Gasteiger charge is 2.44. The Hall–Kier alpha value is -0.910. The van der Waals surface area contributed by atoms with Crippen molar-refractivity contribution in [1.29, 1.82) is 0 Å². The second-order valence-corrected chi connectivity index (χ2v) is 5.27. The fourth-order valence-electron chi connectivity index (χ4n) is 1.47. The average molecular weight is 314 g/mol. The van der Waals surface area contributed by atoms with Crippen LogP contribution < -0.4 is 11.1 Å². The van der Waals surface area contributed by atoms with Gasteiger partial charge in [-0.3, -0.25) is 9.32 Å². The first-order valence-electron chi connectivity index (χ1n) is 5.38. The second-order valence-electron chi connectivity index (χ2n) is 4.03. The highest BCUT2D eigenvalue weighted by atomic mass is 31.2. The number of ether oxygens (including phenoxy) is 1. The molecular formula is C8H15N2O9P. The Bertz CT molecular complexity index is 413. The Kier molecular flexibility index (Phi) is 5.74. The van der Waals surface area contributed by atoms with Crippen LogP contribution >= 0.6 is 7.82 Å². The largest absolute Gasteiger partial charge is 0.469 e. The predicted octanol–water partition coefficient (Wildman–Crippen LogP) is -3.82. The molecule has 1 aliphatic heterocycles. The lowest BCUT2D eigenvalue weighted by molar-refractivity contribution is -0.131. The summed E-state index contributed by atoms with van der Waals surface area (Å²) in [5.74, 6) is -0.937. The summed E-state index contributed by atoms with van der Waals surface area (Å²) in [7, 11) is -4.76. The van der Waals surface area contributed by atoms with Gasteiger partial charge in [0.25, 0.3) is 0 Å². The van der Waals surface area contributed by atoms with Crippen molar-refractivity contribution in [3.05, 3.63) is 0 Å². The number of nitrogens with two attached hydrogens (primary N) is 1. The first-order valence-corrected chi connectivity index (χ1v) is 6.91. The van der Waals surface area contributed by atoms with Crippen molar-refractivity contribution in [2.24, 2.45) is 5.73 Å². The van der Waals surface area contributed by atoms with E-state index < -0.39 is 50.9 Å². The molecule has 1 rings (SSSR count). The smallest absolute Gasteiger partial charge is 0.387 e. The number of aliphatic hydroxyl groups is 2. The number of hydrogen-bond acceptors (Lipinski definition) is 8. The van der Waals surface area contributed by atoms with E-state index in [1.54, 1.807) is 0 Å². The van der Waals surface area contributed by atoms with Crippen LogP contribution in [0.15, 0.2) is 0 Å². The second kappa shape index (κ2) is 6.70. The number of aldehydes is 1. The number of carbonyl (C=O) groups is 2. The molecule has 0 aromatic carbocycles. The third-order valence-electron chi connectivity index (χ3n) is 2.50. The number of hydrogen-bond donors (Lipinski definition) is 6. The maximum Gasteiger partial charge on any atom is 0.469 e. The van der Waals surface area contributed by atoms with Gasteiger partial charge in [0.1, 0.15) is 30.6 Å². The molecule has 0 aliphatic carbocycles. The first-order chi connectivity index (χ1) is 9.15. The van der Waals surface area contributed by atoms with Gasteiger partial charge >= 0.3 is 7.82 Å². The van der Waals surface area contributed by atoms with Crippen LogP contribution in [0.1, 0.15) is 0 Å². The molecule has 0 aromatic heterocycles. The minimum absolute atomic E-state index is 0.168. The van der Waals surface area contributed by atoms with E-state index in [4.69, 9.17) is 20.3 Å². The molecular weight excluding hydrogens is 299 g/mol. The minimum atomic E-state index is -4.76. The Morgan fingerprint density at radius 2 is 2.05 bits per heavy atom. The zero-order valence-corrected chi connectivity index (χ0v) is 10.9. The van der Waals surface area contributed by atoms with E-state index in [-0.39, 0.29) is 6.29 Å². The fourth-order valence-corrected chi connectivity index (χ4v) is 1.82. The number of carbonyl (C=O) groups excluding carboxylic acids is 2. The van der Waals surface area contributed by atoms with E-state index in [1.807, 2.05) is 0 Å². The first kappa shape index (κ1) is 17.1. The molecule has 12 heteroatoms. The Morgan fingerprint density at radius 1 is 1.45 bits per heavy atom. The summed E-state index contributed by atoms with van der Waals surface area (Å²) < 4.78 is 19.6. The molecule has 1 aliphatic rings. The molecule has 1 heterocycles. The van der Waals surface area contributed by atoms with E-state index >= 15 is 0 Å². The molecule has 0 aromatic rings. The average Bonchev–Trinajstić information content (AvgIpc) is 2.62. The van der Waals surface area contributed by atoms with Gasteiger partial charge in [0.15, 0.2) is 6.23 Å². The zero-order chi connectivity index (χ0) is 15.5. The van der Waals surface area contributed by atoms with Crippen molar-refractivity contribution in [3.8, 4) is 0 Å². The Morgan fingerprint density at radius 3 is 2.55 bits per heavy atom. The lowest BCUT2D eigenvalue weighted by Gasteiger charge is -2.17. The summed E-state index contributed by atoms with van der Waals surface area (Å²) in [4.78, 5) is 38.6. The lowest BCUT2D eigenvalue weighted by atomic mass is 10.1. The third-order valence-corrected chi connectivity index (χ3v) is 2.99. The maximum absolute atomic E-state index is 11.3. The summed E-state index contributed by atoms with van der Waals surface area (Å²) in [6.07, 6.45) is -5.59. The van der Waals surface area contributed by atoms with Crippen LogP contribution in [0.4, 0.5) is 0 Å². The molecule has 0 spiro atoms. The number of phosphoric ester groups is 1. The standard InChI is InChI=1S/C8H15N2O9P/c9-3(1-11)7(14)10-8-6(13)5(12)4(19-8)2-18-20(15,16)17/h1,3-6,8,12-13H,2,9H2,(H,10,14)(H2,15,16,17)/t3?,4-,5-,6-,8-/m1/s1. The summed E-state index contributed by atoms with van der Waals surface area (Å²) in [5, 5.41) is 21.2. The summed E-state index contributed by atoms with van der Waals surface area (Å²) in [5.41, 5.74) is 5.12. The lowest BCUT2D eigenvalue weighted by Crippen LogP contribution is -2.50. The van der Waals surface area contributed by atoms with Crippen molar-refractivity contribution in [1.82, 2.24) is 5.32 Å². The quantitative estimate of drug-likeness (QED) is 0.161. The highest BCUT2D eigenvalue weighted by molar-refractivity contribution is 7.46. The number of aliphatic hydroxyl groups excluding tert-OH is 2. The van der Waals surface area contributed by atoms with Gasteiger partial charge in [0.05, 0.1) is 6.61 Å². The van der Waals surface area contributed by atoms with E-state index in [0.717, 1.165) is 0 Å². The normalized spacial score (nSPS) is 31.9.